The van der Waals surface area contributed by atoms with Crippen molar-refractivity contribution >= 4 is 5.95 Å². The fourth-order valence-electron chi connectivity index (χ4n) is 1.44. The summed E-state index contributed by atoms with van der Waals surface area (Å²) in [5, 5.41) is 0. The number of aromatic nitrogens is 2. The van der Waals surface area contributed by atoms with Crippen LogP contribution in [0.2, 0.25) is 0 Å². The fourth-order valence-corrected chi connectivity index (χ4v) is 1.44. The number of anilines is 1. The summed E-state index contributed by atoms with van der Waals surface area (Å²) in [5.41, 5.74) is 6.33. The molecule has 2 rings (SSSR count). The Labute approximate surface area is 97.4 Å². The second-order valence-corrected chi connectivity index (χ2v) is 3.44. The molecule has 2 aromatic rings. The molecule has 0 aliphatic heterocycles. The van der Waals surface area contributed by atoms with Gasteiger partial charge in [-0.1, -0.05) is 12.1 Å². The number of benzene rings is 1. The second kappa shape index (κ2) is 4.17. The van der Waals surface area contributed by atoms with Crippen molar-refractivity contribution < 1.29 is 4.74 Å². The van der Waals surface area contributed by atoms with Crippen LogP contribution in [-0.2, 0) is 0 Å². The van der Waals surface area contributed by atoms with Gasteiger partial charge >= 0.3 is 0 Å². The van der Waals surface area contributed by atoms with Crippen LogP contribution in [0.4, 0.5) is 5.95 Å². The van der Waals surface area contributed by atoms with Crippen molar-refractivity contribution in [3.63, 3.8) is 0 Å². The smallest absolute Gasteiger partial charge is 0.273 e. The monoisotopic (exact) mass is 232 g/mol. The van der Waals surface area contributed by atoms with Crippen molar-refractivity contribution in [2.24, 2.45) is 0 Å². The molecule has 0 bridgehead atoms. The third-order valence-corrected chi connectivity index (χ3v) is 2.34. The minimum atomic E-state index is -0.407. The Morgan fingerprint density at radius 2 is 2.12 bits per heavy atom. The number of nitrogen functional groups attached to an aromatic ring is 2. The van der Waals surface area contributed by atoms with Gasteiger partial charge in [0.05, 0.1) is 12.8 Å². The van der Waals surface area contributed by atoms with E-state index in [1.54, 1.807) is 25.3 Å². The maximum absolute atomic E-state index is 11.5. The lowest BCUT2D eigenvalue weighted by Gasteiger charge is -2.06. The van der Waals surface area contributed by atoms with Gasteiger partial charge in [0.2, 0.25) is 5.95 Å². The van der Waals surface area contributed by atoms with Gasteiger partial charge in [0.25, 0.3) is 5.56 Å². The highest BCUT2D eigenvalue weighted by atomic mass is 16.5. The molecular weight excluding hydrogens is 220 g/mol. The lowest BCUT2D eigenvalue weighted by molar-refractivity contribution is 0.415. The molecule has 6 nitrogen and oxygen atoms in total. The van der Waals surface area contributed by atoms with E-state index in [1.807, 2.05) is 6.07 Å². The zero-order chi connectivity index (χ0) is 12.4. The molecule has 0 saturated carbocycles. The standard InChI is InChI=1S/C11H12N4O2/c1-17-8-4-2-3-7(5-8)9-6-10(16)15(13)11(12)14-9/h2-6H,13H2,1H3,(H2,12,14). The van der Waals surface area contributed by atoms with Crippen molar-refractivity contribution in [2.45, 2.75) is 0 Å². The van der Waals surface area contributed by atoms with E-state index in [0.29, 0.717) is 11.4 Å². The topological polar surface area (TPSA) is 96.2 Å². The SMILES string of the molecule is COc1cccc(-c2cc(=O)n(N)c(N)n2)c1. The van der Waals surface area contributed by atoms with Crippen LogP contribution in [0.15, 0.2) is 35.1 Å². The van der Waals surface area contributed by atoms with Crippen molar-refractivity contribution in [1.29, 1.82) is 0 Å². The number of hydrogen-bond acceptors (Lipinski definition) is 5. The molecule has 1 aromatic carbocycles. The minimum Gasteiger partial charge on any atom is -0.497 e. The first-order chi connectivity index (χ1) is 8.11. The Morgan fingerprint density at radius 1 is 1.35 bits per heavy atom. The van der Waals surface area contributed by atoms with Gasteiger partial charge in [0.15, 0.2) is 0 Å². The van der Waals surface area contributed by atoms with Crippen LogP contribution in [-0.4, -0.2) is 16.8 Å². The van der Waals surface area contributed by atoms with E-state index in [1.165, 1.54) is 6.07 Å². The zero-order valence-corrected chi connectivity index (χ0v) is 9.25. The van der Waals surface area contributed by atoms with Crippen LogP contribution in [0, 0.1) is 0 Å². The molecule has 1 heterocycles. The number of rotatable bonds is 2. The third-order valence-electron chi connectivity index (χ3n) is 2.34. The molecule has 0 atom stereocenters. The van der Waals surface area contributed by atoms with Crippen LogP contribution < -0.4 is 21.9 Å². The number of ether oxygens (including phenoxy) is 1. The summed E-state index contributed by atoms with van der Waals surface area (Å²) >= 11 is 0. The highest BCUT2D eigenvalue weighted by Crippen LogP contribution is 2.21. The predicted molar refractivity (Wildman–Crippen MR) is 65.0 cm³/mol. The molecule has 0 spiro atoms. The Balaban J connectivity index is 2.56. The summed E-state index contributed by atoms with van der Waals surface area (Å²) in [6, 6.07) is 8.51. The van der Waals surface area contributed by atoms with E-state index in [0.717, 1.165) is 10.2 Å². The van der Waals surface area contributed by atoms with Crippen LogP contribution in [0.3, 0.4) is 0 Å². The lowest BCUT2D eigenvalue weighted by atomic mass is 10.1. The summed E-state index contributed by atoms with van der Waals surface area (Å²) in [4.78, 5) is 15.5. The summed E-state index contributed by atoms with van der Waals surface area (Å²) in [5.74, 6) is 6.03. The van der Waals surface area contributed by atoms with Gasteiger partial charge in [0, 0.05) is 11.6 Å². The molecule has 0 aliphatic rings. The Kier molecular flexibility index (Phi) is 2.70. The van der Waals surface area contributed by atoms with Crippen molar-refractivity contribution in [2.75, 3.05) is 18.7 Å². The zero-order valence-electron chi connectivity index (χ0n) is 9.25. The summed E-state index contributed by atoms with van der Waals surface area (Å²) in [6.45, 7) is 0. The van der Waals surface area contributed by atoms with E-state index >= 15 is 0 Å². The number of methoxy groups -OCH3 is 1. The largest absolute Gasteiger partial charge is 0.497 e. The minimum absolute atomic E-state index is 0.0321. The number of nitrogens with two attached hydrogens (primary N) is 2. The molecule has 17 heavy (non-hydrogen) atoms. The maximum atomic E-state index is 11.5. The highest BCUT2D eigenvalue weighted by Gasteiger charge is 2.06. The average Bonchev–Trinajstić information content (AvgIpc) is 2.35. The van der Waals surface area contributed by atoms with E-state index < -0.39 is 5.56 Å². The van der Waals surface area contributed by atoms with Crippen molar-refractivity contribution in [3.8, 4) is 17.0 Å². The first-order valence-corrected chi connectivity index (χ1v) is 4.91. The molecule has 0 amide bonds. The Morgan fingerprint density at radius 3 is 2.76 bits per heavy atom. The van der Waals surface area contributed by atoms with Gasteiger partial charge < -0.3 is 16.3 Å². The Bertz CT molecular complexity index is 607. The molecule has 1 aromatic heterocycles. The summed E-state index contributed by atoms with van der Waals surface area (Å²) < 4.78 is 5.89. The first kappa shape index (κ1) is 11.0. The van der Waals surface area contributed by atoms with Gasteiger partial charge in [-0.3, -0.25) is 4.79 Å². The van der Waals surface area contributed by atoms with Gasteiger partial charge in [-0.05, 0) is 12.1 Å². The van der Waals surface area contributed by atoms with Crippen LogP contribution >= 0.6 is 0 Å². The van der Waals surface area contributed by atoms with Crippen LogP contribution in [0.1, 0.15) is 0 Å². The first-order valence-electron chi connectivity index (χ1n) is 4.91. The number of hydrogen-bond donors (Lipinski definition) is 2. The van der Waals surface area contributed by atoms with Crippen molar-refractivity contribution in [3.05, 3.63) is 40.7 Å². The molecule has 0 saturated heterocycles. The second-order valence-electron chi connectivity index (χ2n) is 3.44. The molecule has 0 fully saturated rings. The molecule has 0 aliphatic carbocycles. The van der Waals surface area contributed by atoms with Gasteiger partial charge in [-0.2, -0.15) is 4.68 Å². The summed E-state index contributed by atoms with van der Waals surface area (Å²) in [7, 11) is 1.57. The van der Waals surface area contributed by atoms with Gasteiger partial charge in [-0.15, -0.1) is 0 Å². The molecular formula is C11H12N4O2. The van der Waals surface area contributed by atoms with E-state index in [2.05, 4.69) is 4.98 Å². The molecule has 0 radical (unpaired) electrons. The maximum Gasteiger partial charge on any atom is 0.273 e. The summed E-state index contributed by atoms with van der Waals surface area (Å²) in [6.07, 6.45) is 0. The predicted octanol–water partition coefficient (Wildman–Crippen LogP) is 0.215. The quantitative estimate of drug-likeness (QED) is 0.722. The van der Waals surface area contributed by atoms with Crippen LogP contribution in [0.5, 0.6) is 5.75 Å². The molecule has 0 unspecified atom stereocenters. The van der Waals surface area contributed by atoms with Gasteiger partial charge in [0.1, 0.15) is 5.75 Å². The van der Waals surface area contributed by atoms with Crippen LogP contribution in [0.25, 0.3) is 11.3 Å². The molecule has 6 heteroatoms. The third kappa shape index (κ3) is 2.05. The fraction of sp³-hybridized carbons (Fsp3) is 0.0909. The van der Waals surface area contributed by atoms with E-state index in [9.17, 15) is 4.79 Å². The highest BCUT2D eigenvalue weighted by molar-refractivity contribution is 5.61. The number of nitrogens with zero attached hydrogens (tertiary/aromatic N) is 2. The normalized spacial score (nSPS) is 10.2. The lowest BCUT2D eigenvalue weighted by Crippen LogP contribution is -2.30. The van der Waals surface area contributed by atoms with Crippen molar-refractivity contribution in [1.82, 2.24) is 9.66 Å². The van der Waals surface area contributed by atoms with E-state index in [4.69, 9.17) is 16.3 Å². The Hall–Kier alpha value is -2.50. The molecule has 88 valence electrons. The average molecular weight is 232 g/mol. The molecule has 4 N–H and O–H groups in total. The van der Waals surface area contributed by atoms with Gasteiger partial charge in [-0.25, -0.2) is 4.98 Å². The van der Waals surface area contributed by atoms with E-state index in [-0.39, 0.29) is 5.95 Å².